The van der Waals surface area contributed by atoms with E-state index >= 15 is 0 Å². The van der Waals surface area contributed by atoms with Crippen LogP contribution in [0.1, 0.15) is 32.6 Å². The van der Waals surface area contributed by atoms with E-state index in [2.05, 4.69) is 0 Å². The largest absolute Gasteiger partial charge is 0.481 e. The number of aliphatic hydroxyl groups is 1. The van der Waals surface area contributed by atoms with Crippen LogP contribution in [0.4, 0.5) is 4.79 Å². The first-order chi connectivity index (χ1) is 8.99. The highest BCUT2D eigenvalue weighted by molar-refractivity contribution is 5.78. The Morgan fingerprint density at radius 2 is 2.00 bits per heavy atom. The van der Waals surface area contributed by atoms with Gasteiger partial charge in [-0.25, -0.2) is 4.79 Å². The van der Waals surface area contributed by atoms with Crippen LogP contribution in [-0.4, -0.2) is 64.8 Å². The first-order valence-corrected chi connectivity index (χ1v) is 6.84. The molecule has 0 aromatic rings. The van der Waals surface area contributed by atoms with Gasteiger partial charge in [0, 0.05) is 32.8 Å². The van der Waals surface area contributed by atoms with Crippen LogP contribution in [0.5, 0.6) is 0 Å². The van der Waals surface area contributed by atoms with Gasteiger partial charge in [0.05, 0.1) is 5.92 Å². The Morgan fingerprint density at radius 3 is 2.53 bits per heavy atom. The minimum Gasteiger partial charge on any atom is -0.481 e. The van der Waals surface area contributed by atoms with Crippen molar-refractivity contribution in [3.8, 4) is 0 Å². The molecule has 0 saturated carbocycles. The Kier molecular flexibility index (Phi) is 6.08. The zero-order chi connectivity index (χ0) is 14.4. The highest BCUT2D eigenvalue weighted by atomic mass is 16.4. The Bertz CT molecular complexity index is 322. The monoisotopic (exact) mass is 272 g/mol. The molecule has 1 fully saturated rings. The average molecular weight is 272 g/mol. The van der Waals surface area contributed by atoms with Crippen molar-refractivity contribution in [3.63, 3.8) is 0 Å². The fourth-order valence-electron chi connectivity index (χ4n) is 2.49. The standard InChI is InChI=1S/C13H24N2O4/c1-10-11(12(17)18)6-8-15(10)13(19)14(2)7-4-3-5-9-16/h10-11,16H,3-9H2,1-2H3,(H,17,18). The first-order valence-electron chi connectivity index (χ1n) is 6.84. The summed E-state index contributed by atoms with van der Waals surface area (Å²) in [5.74, 6) is -1.28. The fourth-order valence-corrected chi connectivity index (χ4v) is 2.49. The van der Waals surface area contributed by atoms with Crippen LogP contribution in [0, 0.1) is 5.92 Å². The normalized spacial score (nSPS) is 22.6. The average Bonchev–Trinajstić information content (AvgIpc) is 2.75. The third-order valence-corrected chi connectivity index (χ3v) is 3.80. The van der Waals surface area contributed by atoms with E-state index in [9.17, 15) is 9.59 Å². The number of amides is 2. The van der Waals surface area contributed by atoms with Crippen molar-refractivity contribution in [2.45, 2.75) is 38.6 Å². The molecule has 1 aliphatic heterocycles. The van der Waals surface area contributed by atoms with Crippen molar-refractivity contribution in [3.05, 3.63) is 0 Å². The molecule has 2 unspecified atom stereocenters. The third kappa shape index (κ3) is 4.09. The number of nitrogens with zero attached hydrogens (tertiary/aromatic N) is 2. The predicted molar refractivity (Wildman–Crippen MR) is 70.9 cm³/mol. The molecular weight excluding hydrogens is 248 g/mol. The number of unbranched alkanes of at least 4 members (excludes halogenated alkanes) is 2. The molecule has 1 heterocycles. The number of carboxylic acid groups (broad SMARTS) is 1. The van der Waals surface area contributed by atoms with Crippen LogP contribution < -0.4 is 0 Å². The Labute approximate surface area is 114 Å². The van der Waals surface area contributed by atoms with Gasteiger partial charge in [0.2, 0.25) is 0 Å². The number of carboxylic acids is 1. The van der Waals surface area contributed by atoms with Gasteiger partial charge in [0.15, 0.2) is 0 Å². The number of carbonyl (C=O) groups is 2. The summed E-state index contributed by atoms with van der Waals surface area (Å²) in [4.78, 5) is 26.5. The van der Waals surface area contributed by atoms with E-state index in [1.54, 1.807) is 23.8 Å². The van der Waals surface area contributed by atoms with Crippen molar-refractivity contribution >= 4 is 12.0 Å². The number of carbonyl (C=O) groups excluding carboxylic acids is 1. The van der Waals surface area contributed by atoms with E-state index in [4.69, 9.17) is 10.2 Å². The molecule has 1 aliphatic rings. The summed E-state index contributed by atoms with van der Waals surface area (Å²) in [6, 6.07) is -0.342. The van der Waals surface area contributed by atoms with Crippen molar-refractivity contribution in [1.29, 1.82) is 0 Å². The molecule has 2 amide bonds. The molecule has 110 valence electrons. The van der Waals surface area contributed by atoms with Crippen LogP contribution in [0.25, 0.3) is 0 Å². The van der Waals surface area contributed by atoms with Gasteiger partial charge in [0.25, 0.3) is 0 Å². The van der Waals surface area contributed by atoms with E-state index in [1.165, 1.54) is 0 Å². The van der Waals surface area contributed by atoms with E-state index in [0.29, 0.717) is 19.5 Å². The van der Waals surface area contributed by atoms with Gasteiger partial charge in [-0.15, -0.1) is 0 Å². The zero-order valence-electron chi connectivity index (χ0n) is 11.7. The summed E-state index contributed by atoms with van der Waals surface area (Å²) in [7, 11) is 1.74. The van der Waals surface area contributed by atoms with Crippen LogP contribution in [-0.2, 0) is 4.79 Å². The molecule has 0 aliphatic carbocycles. The number of hydrogen-bond acceptors (Lipinski definition) is 3. The topological polar surface area (TPSA) is 81.1 Å². The van der Waals surface area contributed by atoms with Crippen LogP contribution >= 0.6 is 0 Å². The highest BCUT2D eigenvalue weighted by Gasteiger charge is 2.38. The second kappa shape index (κ2) is 7.33. The predicted octanol–water partition coefficient (Wildman–Crippen LogP) is 0.996. The number of likely N-dealkylation sites (tertiary alicyclic amines) is 1. The number of rotatable bonds is 6. The third-order valence-electron chi connectivity index (χ3n) is 3.80. The van der Waals surface area contributed by atoms with Gasteiger partial charge in [-0.3, -0.25) is 4.79 Å². The molecule has 0 radical (unpaired) electrons. The smallest absolute Gasteiger partial charge is 0.320 e. The van der Waals surface area contributed by atoms with Gasteiger partial charge < -0.3 is 20.0 Å². The molecule has 1 saturated heterocycles. The molecule has 0 bridgehead atoms. The quantitative estimate of drug-likeness (QED) is 0.707. The van der Waals surface area contributed by atoms with E-state index in [-0.39, 0.29) is 18.7 Å². The van der Waals surface area contributed by atoms with Crippen LogP contribution in [0.3, 0.4) is 0 Å². The SMILES string of the molecule is CC1C(C(=O)O)CCN1C(=O)N(C)CCCCCO. The highest BCUT2D eigenvalue weighted by Crippen LogP contribution is 2.25. The Morgan fingerprint density at radius 1 is 1.32 bits per heavy atom. The minimum absolute atomic E-state index is 0.0970. The number of hydrogen-bond donors (Lipinski definition) is 2. The zero-order valence-corrected chi connectivity index (χ0v) is 11.7. The summed E-state index contributed by atoms with van der Waals surface area (Å²) in [6.07, 6.45) is 3.03. The molecule has 0 aromatic carbocycles. The molecule has 1 rings (SSSR count). The summed E-state index contributed by atoms with van der Waals surface area (Å²) in [5, 5.41) is 17.7. The maximum atomic E-state index is 12.2. The van der Waals surface area contributed by atoms with Crippen molar-refractivity contribution < 1.29 is 19.8 Å². The maximum Gasteiger partial charge on any atom is 0.320 e. The summed E-state index contributed by atoms with van der Waals surface area (Å²) < 4.78 is 0. The maximum absolute atomic E-state index is 12.2. The Hall–Kier alpha value is -1.30. The number of aliphatic carboxylic acids is 1. The van der Waals surface area contributed by atoms with Gasteiger partial charge in [0.1, 0.15) is 0 Å². The van der Waals surface area contributed by atoms with Crippen LogP contribution in [0.2, 0.25) is 0 Å². The lowest BCUT2D eigenvalue weighted by Crippen LogP contribution is -2.45. The lowest BCUT2D eigenvalue weighted by Gasteiger charge is -2.28. The molecule has 2 N–H and O–H groups in total. The lowest BCUT2D eigenvalue weighted by atomic mass is 10.0. The summed E-state index contributed by atoms with van der Waals surface area (Å²) in [5.41, 5.74) is 0. The van der Waals surface area contributed by atoms with Gasteiger partial charge in [-0.1, -0.05) is 0 Å². The lowest BCUT2D eigenvalue weighted by molar-refractivity contribution is -0.142. The molecule has 6 heteroatoms. The molecule has 2 atom stereocenters. The first kappa shape index (κ1) is 15.8. The fraction of sp³-hybridized carbons (Fsp3) is 0.846. The number of urea groups is 1. The van der Waals surface area contributed by atoms with E-state index in [1.807, 2.05) is 0 Å². The van der Waals surface area contributed by atoms with E-state index < -0.39 is 11.9 Å². The molecule has 0 aromatic heterocycles. The van der Waals surface area contributed by atoms with E-state index in [0.717, 1.165) is 19.3 Å². The summed E-state index contributed by atoms with van der Waals surface area (Å²) in [6.45, 7) is 3.13. The van der Waals surface area contributed by atoms with Gasteiger partial charge >= 0.3 is 12.0 Å². The second-order valence-corrected chi connectivity index (χ2v) is 5.16. The van der Waals surface area contributed by atoms with Crippen LogP contribution in [0.15, 0.2) is 0 Å². The van der Waals surface area contributed by atoms with Gasteiger partial charge in [-0.05, 0) is 32.6 Å². The molecule has 6 nitrogen and oxygen atoms in total. The Balaban J connectivity index is 2.42. The molecule has 0 spiro atoms. The van der Waals surface area contributed by atoms with Gasteiger partial charge in [-0.2, -0.15) is 0 Å². The minimum atomic E-state index is -0.826. The second-order valence-electron chi connectivity index (χ2n) is 5.16. The van der Waals surface area contributed by atoms with Crippen molar-refractivity contribution in [1.82, 2.24) is 9.80 Å². The summed E-state index contributed by atoms with van der Waals surface area (Å²) >= 11 is 0. The van der Waals surface area contributed by atoms with Crippen molar-refractivity contribution in [2.75, 3.05) is 26.7 Å². The molecule has 19 heavy (non-hydrogen) atoms. The number of aliphatic hydroxyl groups excluding tert-OH is 1. The van der Waals surface area contributed by atoms with Crippen molar-refractivity contribution in [2.24, 2.45) is 5.92 Å². The molecular formula is C13H24N2O4.